The number of hydrogen-bond donors (Lipinski definition) is 0. The molecule has 0 bridgehead atoms. The number of allylic oxidation sites excluding steroid dienone is 2. The van der Waals surface area contributed by atoms with Crippen LogP contribution in [0.2, 0.25) is 0 Å². The Morgan fingerprint density at radius 2 is 0.554 bits per heavy atom. The van der Waals surface area contributed by atoms with Gasteiger partial charge in [0.25, 0.3) is 0 Å². The third kappa shape index (κ3) is 45.8. The second-order valence-electron chi connectivity index (χ2n) is 32.7. The van der Waals surface area contributed by atoms with Crippen LogP contribution in [0.25, 0.3) is 0 Å². The van der Waals surface area contributed by atoms with E-state index in [0.29, 0.717) is 0 Å². The Morgan fingerprint density at radius 3 is 0.802 bits per heavy atom. The Hall–Kier alpha value is -0.613. The SMILES string of the molecule is C.C.C.C.C.C.C.C.C.CC1CCC(C=C2CCC(CC3CCC(C)CC3)CC2)CC1.CC1CCC(CBr)CC1.CC1CCC(CC2CCC(CC3CCC(C)CC3)CC2)CC1.CC1CC[CH-]CC1.CCBr.CCC1CCC(C)CC1.[HH].[Li+].c1ccc(P(c2ccccc2)c2ccccc2)cc1. The first-order valence-electron chi connectivity index (χ1n) is 39.9. The van der Waals surface area contributed by atoms with Gasteiger partial charge >= 0.3 is 18.9 Å². The standard InChI is InChI=1S/C22H40.C22H38.C18H15P.C9H18.C8H15Br.C7H13.C2H5Br.9CH4.Li.H2/c2*1-17-3-7-19(8-4-17)15-21-11-13-22(14-12-21)16-20-9-5-18(2)6-10-20;1-4-10-16(11-5-1)19(17-12-6-2-7-13-17)18-14-8-3-9-15-18;1-3-9-6-4-8(2)5-7-9;1-7-2-4-8(6-9)5-3-7;1-7-5-3-2-4-6-7;1-2-3;;;;;;;;;;;/h17-22H,3-16H2,1-2H3;15,17-20,22H,3-14,16H2,1-2H3;1-15H;8-9H,3-7H2,1-2H3;7-8H,2-6H2,1H3;2,7H,3-6H2,1H3;2H2,1H3;9*1H4;;1H/q;;;;;-1;;;;;;;;;;;+1;. The van der Waals surface area contributed by atoms with Crippen molar-refractivity contribution in [3.63, 3.8) is 0 Å². The Bertz CT molecular complexity index is 2040. The number of alkyl halides is 2. The van der Waals surface area contributed by atoms with Crippen LogP contribution in [0.15, 0.2) is 103 Å². The monoisotopic (exact) mass is 1540 g/mol. The summed E-state index contributed by atoms with van der Waals surface area (Å²) in [6.07, 6.45) is 64.9. The summed E-state index contributed by atoms with van der Waals surface area (Å²) in [5.41, 5.74) is 1.83. The fraction of sp³-hybridized carbons (Fsp3) is 0.784. The Balaban J connectivity index is -0.000000274. The van der Waals surface area contributed by atoms with Crippen LogP contribution in [-0.4, -0.2) is 10.7 Å². The molecule has 12 rings (SSSR count). The van der Waals surface area contributed by atoms with Crippen LogP contribution in [0.3, 0.4) is 0 Å². The van der Waals surface area contributed by atoms with Crippen molar-refractivity contribution in [1.82, 2.24) is 0 Å². The fourth-order valence-corrected chi connectivity index (χ4v) is 20.5. The van der Waals surface area contributed by atoms with Crippen molar-refractivity contribution < 1.29 is 20.3 Å². The van der Waals surface area contributed by atoms with Crippen molar-refractivity contribution in [2.75, 3.05) is 10.7 Å². The van der Waals surface area contributed by atoms with Crippen LogP contribution in [0.1, 0.15) is 387 Å². The average molecular weight is 1550 g/mol. The van der Waals surface area contributed by atoms with Gasteiger partial charge in [0, 0.05) is 12.1 Å². The van der Waals surface area contributed by atoms with E-state index in [4.69, 9.17) is 0 Å². The number of halogens is 2. The Labute approximate surface area is 671 Å². The van der Waals surface area contributed by atoms with Gasteiger partial charge < -0.3 is 6.42 Å². The Morgan fingerprint density at radius 1 is 0.327 bits per heavy atom. The summed E-state index contributed by atoms with van der Waals surface area (Å²) in [4.78, 5) is 0. The molecular weight excluding hydrogens is 1360 g/mol. The van der Waals surface area contributed by atoms with E-state index in [1.807, 2.05) is 12.5 Å². The van der Waals surface area contributed by atoms with E-state index in [2.05, 4.69) is 191 Å². The minimum atomic E-state index is -0.446. The molecule has 0 spiro atoms. The van der Waals surface area contributed by atoms with Crippen molar-refractivity contribution in [2.45, 2.75) is 386 Å². The molecular formula is C97H182Br2LiP. The zero-order valence-corrected chi connectivity index (χ0v) is 66.0. The van der Waals surface area contributed by atoms with E-state index in [1.165, 1.54) is 207 Å². The molecule has 9 fully saturated rings. The molecule has 0 heterocycles. The second-order valence-corrected chi connectivity index (χ2v) is 36.7. The first kappa shape index (κ1) is 109. The molecule has 0 atom stereocenters. The molecule has 0 radical (unpaired) electrons. The summed E-state index contributed by atoms with van der Waals surface area (Å²) >= 11 is 6.68. The first-order valence-corrected chi connectivity index (χ1v) is 43.5. The van der Waals surface area contributed by atoms with Crippen LogP contribution < -0.4 is 34.8 Å². The van der Waals surface area contributed by atoms with Crippen LogP contribution in [-0.2, 0) is 0 Å². The molecule has 0 unspecified atom stereocenters. The van der Waals surface area contributed by atoms with Gasteiger partial charge in [0.15, 0.2) is 0 Å². The zero-order chi connectivity index (χ0) is 64.8. The van der Waals surface area contributed by atoms with E-state index in [0.717, 1.165) is 100 Å². The molecule has 4 heteroatoms. The molecule has 0 N–H and O–H groups in total. The molecule has 0 aliphatic heterocycles. The minimum absolute atomic E-state index is 0. The van der Waals surface area contributed by atoms with E-state index < -0.39 is 7.92 Å². The Kier molecular flexibility index (Phi) is 70.5. The molecule has 3 aromatic carbocycles. The molecule has 0 saturated heterocycles. The van der Waals surface area contributed by atoms with E-state index in [-0.39, 0.29) is 87.1 Å². The summed E-state index contributed by atoms with van der Waals surface area (Å²) in [6, 6.07) is 32.3. The molecule has 0 nitrogen and oxygen atoms in total. The molecule has 9 saturated carbocycles. The summed E-state index contributed by atoms with van der Waals surface area (Å²) in [5, 5.41) is 6.48. The molecule has 9 aliphatic rings. The van der Waals surface area contributed by atoms with Crippen LogP contribution >= 0.6 is 39.8 Å². The molecule has 0 amide bonds. The molecule has 3 aromatic rings. The normalized spacial score (nSPS) is 28.8. The van der Waals surface area contributed by atoms with Gasteiger partial charge in [-0.25, -0.2) is 0 Å². The van der Waals surface area contributed by atoms with E-state index in [9.17, 15) is 0 Å². The quantitative estimate of drug-likeness (QED) is 0.0557. The smallest absolute Gasteiger partial charge is 0.328 e. The molecule has 101 heavy (non-hydrogen) atoms. The number of rotatable bonds is 12. The third-order valence-corrected chi connectivity index (χ3v) is 27.8. The second kappa shape index (κ2) is 65.3. The van der Waals surface area contributed by atoms with Gasteiger partial charge in [-0.15, -0.1) is 0 Å². The maximum Gasteiger partial charge on any atom is 1.00 e. The average Bonchev–Trinajstić information content (AvgIpc) is 0.823. The maximum absolute atomic E-state index is 3.53. The van der Waals surface area contributed by atoms with Gasteiger partial charge in [-0.3, -0.25) is 0 Å². The van der Waals surface area contributed by atoms with Crippen molar-refractivity contribution in [2.24, 2.45) is 94.7 Å². The van der Waals surface area contributed by atoms with Gasteiger partial charge in [-0.1, -0.05) is 437 Å². The van der Waals surface area contributed by atoms with Gasteiger partial charge in [0.1, 0.15) is 0 Å². The largest absolute Gasteiger partial charge is 1.00 e. The predicted molar refractivity (Wildman–Crippen MR) is 479 cm³/mol. The van der Waals surface area contributed by atoms with E-state index >= 15 is 0 Å². The van der Waals surface area contributed by atoms with E-state index in [1.54, 1.807) is 70.6 Å². The van der Waals surface area contributed by atoms with Gasteiger partial charge in [-0.05, 0) is 189 Å². The first-order chi connectivity index (χ1) is 44.3. The number of benzene rings is 3. The molecule has 590 valence electrons. The van der Waals surface area contributed by atoms with Crippen molar-refractivity contribution in [1.29, 1.82) is 0 Å². The number of hydrogen-bond acceptors (Lipinski definition) is 0. The molecule has 9 aliphatic carbocycles. The summed E-state index contributed by atoms with van der Waals surface area (Å²) in [7, 11) is -0.446. The van der Waals surface area contributed by atoms with Crippen LogP contribution in [0, 0.1) is 101 Å². The summed E-state index contributed by atoms with van der Waals surface area (Å²) in [6.45, 7) is 21.2. The van der Waals surface area contributed by atoms with Crippen LogP contribution in [0.5, 0.6) is 0 Å². The van der Waals surface area contributed by atoms with Gasteiger partial charge in [0.05, 0.1) is 0 Å². The van der Waals surface area contributed by atoms with Crippen molar-refractivity contribution >= 4 is 55.7 Å². The van der Waals surface area contributed by atoms with Crippen LogP contribution in [0.4, 0.5) is 0 Å². The van der Waals surface area contributed by atoms with Crippen molar-refractivity contribution in [3.05, 3.63) is 109 Å². The summed E-state index contributed by atoms with van der Waals surface area (Å²) in [5.74, 6) is 16.6. The molecule has 0 aromatic heterocycles. The summed E-state index contributed by atoms with van der Waals surface area (Å²) < 4.78 is 0. The maximum atomic E-state index is 3.53. The topological polar surface area (TPSA) is 0 Å². The van der Waals surface area contributed by atoms with Gasteiger partial charge in [-0.2, -0.15) is 12.8 Å². The van der Waals surface area contributed by atoms with Crippen molar-refractivity contribution in [3.8, 4) is 0 Å². The zero-order valence-electron chi connectivity index (χ0n) is 62.0. The predicted octanol–water partition coefficient (Wildman–Crippen LogP) is 31.0. The fourth-order valence-electron chi connectivity index (χ4n) is 17.5. The van der Waals surface area contributed by atoms with Gasteiger partial charge in [0.2, 0.25) is 0 Å². The minimum Gasteiger partial charge on any atom is -0.328 e. The third-order valence-electron chi connectivity index (χ3n) is 24.5.